The number of hydrogen-bond donors (Lipinski definition) is 1. The molecule has 0 saturated carbocycles. The van der Waals surface area contributed by atoms with Crippen LogP contribution in [-0.4, -0.2) is 64.3 Å². The summed E-state index contributed by atoms with van der Waals surface area (Å²) in [6.07, 6.45) is 1.60. The molecule has 3 rings (SSSR count). The molecule has 8 nitrogen and oxygen atoms in total. The van der Waals surface area contributed by atoms with E-state index >= 15 is 0 Å². The first-order valence-electron chi connectivity index (χ1n) is 9.92. The number of nitrogens with zero attached hydrogens (tertiary/aromatic N) is 1. The van der Waals surface area contributed by atoms with Gasteiger partial charge in [-0.05, 0) is 48.0 Å². The Hall–Kier alpha value is -3.04. The molecule has 1 N–H and O–H groups in total. The predicted octanol–water partition coefficient (Wildman–Crippen LogP) is 3.10. The van der Waals surface area contributed by atoms with E-state index in [0.29, 0.717) is 54.7 Å². The topological polar surface area (TPSA) is 86.3 Å². The largest absolute Gasteiger partial charge is 0.493 e. The molecule has 2 amide bonds. The van der Waals surface area contributed by atoms with Crippen LogP contribution in [0.1, 0.15) is 15.9 Å². The van der Waals surface area contributed by atoms with Crippen LogP contribution in [0.15, 0.2) is 46.6 Å². The van der Waals surface area contributed by atoms with E-state index < -0.39 is 5.91 Å². The Morgan fingerprint density at radius 1 is 1.00 bits per heavy atom. The van der Waals surface area contributed by atoms with Crippen molar-refractivity contribution in [3.05, 3.63) is 57.7 Å². The minimum atomic E-state index is -0.391. The average molecular weight is 505 g/mol. The van der Waals surface area contributed by atoms with E-state index in [1.54, 1.807) is 47.4 Å². The fourth-order valence-corrected chi connectivity index (χ4v) is 3.50. The van der Waals surface area contributed by atoms with Crippen molar-refractivity contribution in [3.8, 4) is 17.2 Å². The molecule has 1 saturated heterocycles. The summed E-state index contributed by atoms with van der Waals surface area (Å²) in [7, 11) is 4.54. The van der Waals surface area contributed by atoms with Gasteiger partial charge in [0.2, 0.25) is 5.75 Å². The highest BCUT2D eigenvalue weighted by atomic mass is 79.9. The second-order valence-electron chi connectivity index (χ2n) is 6.88. The summed E-state index contributed by atoms with van der Waals surface area (Å²) in [5, 5.41) is 2.76. The monoisotopic (exact) mass is 504 g/mol. The number of benzene rings is 2. The predicted molar refractivity (Wildman–Crippen MR) is 123 cm³/mol. The maximum Gasteiger partial charge on any atom is 0.270 e. The third-order valence-corrected chi connectivity index (χ3v) is 5.41. The number of halogens is 1. The molecule has 32 heavy (non-hydrogen) atoms. The lowest BCUT2D eigenvalue weighted by Crippen LogP contribution is -2.44. The smallest absolute Gasteiger partial charge is 0.270 e. The Kier molecular flexibility index (Phi) is 8.13. The zero-order chi connectivity index (χ0) is 23.1. The van der Waals surface area contributed by atoms with E-state index in [9.17, 15) is 9.59 Å². The summed E-state index contributed by atoms with van der Waals surface area (Å²) in [5.41, 5.74) is 1.17. The van der Waals surface area contributed by atoms with Gasteiger partial charge in [0.05, 0.1) is 34.5 Å². The van der Waals surface area contributed by atoms with Gasteiger partial charge in [0.15, 0.2) is 11.5 Å². The molecule has 0 aliphatic carbocycles. The summed E-state index contributed by atoms with van der Waals surface area (Å²) in [6.45, 7) is 1.78. The molecule has 0 atom stereocenters. The first-order chi connectivity index (χ1) is 15.5. The molecular weight excluding hydrogens is 480 g/mol. The summed E-state index contributed by atoms with van der Waals surface area (Å²) >= 11 is 3.35. The van der Waals surface area contributed by atoms with E-state index in [1.165, 1.54) is 21.3 Å². The van der Waals surface area contributed by atoms with Crippen LogP contribution in [0.3, 0.4) is 0 Å². The lowest BCUT2D eigenvalue weighted by Gasteiger charge is -2.28. The van der Waals surface area contributed by atoms with Crippen LogP contribution in [-0.2, 0) is 9.53 Å². The van der Waals surface area contributed by atoms with Gasteiger partial charge in [-0.2, -0.15) is 0 Å². The van der Waals surface area contributed by atoms with Gasteiger partial charge in [-0.25, -0.2) is 0 Å². The Labute approximate surface area is 195 Å². The average Bonchev–Trinajstić information content (AvgIpc) is 2.83. The lowest BCUT2D eigenvalue weighted by molar-refractivity contribution is -0.131. The van der Waals surface area contributed by atoms with Crippen LogP contribution < -0.4 is 19.5 Å². The van der Waals surface area contributed by atoms with Crippen molar-refractivity contribution in [1.29, 1.82) is 0 Å². The maximum atomic E-state index is 13.2. The number of ether oxygens (including phenoxy) is 4. The molecule has 170 valence electrons. The van der Waals surface area contributed by atoms with E-state index in [1.807, 2.05) is 0 Å². The van der Waals surface area contributed by atoms with E-state index in [2.05, 4.69) is 21.2 Å². The van der Waals surface area contributed by atoms with Crippen LogP contribution in [0.25, 0.3) is 6.08 Å². The van der Waals surface area contributed by atoms with Crippen LogP contribution in [0, 0.1) is 0 Å². The van der Waals surface area contributed by atoms with Gasteiger partial charge in [0.25, 0.3) is 11.8 Å². The summed E-state index contributed by atoms with van der Waals surface area (Å²) in [5.74, 6) is 0.628. The van der Waals surface area contributed by atoms with Gasteiger partial charge < -0.3 is 29.2 Å². The van der Waals surface area contributed by atoms with Crippen LogP contribution in [0.2, 0.25) is 0 Å². The van der Waals surface area contributed by atoms with Crippen LogP contribution in [0.4, 0.5) is 0 Å². The number of nitrogens with one attached hydrogen (secondary N) is 1. The molecule has 0 unspecified atom stereocenters. The Morgan fingerprint density at radius 3 is 2.12 bits per heavy atom. The SMILES string of the molecule is COc1cc(/C=C(\NC(=O)c2ccc(Br)cc2)C(=O)N2CCOCC2)cc(OC)c1OC. The van der Waals surface area contributed by atoms with Gasteiger partial charge in [-0.1, -0.05) is 15.9 Å². The van der Waals surface area contributed by atoms with E-state index in [4.69, 9.17) is 18.9 Å². The van der Waals surface area contributed by atoms with E-state index in [0.717, 1.165) is 4.47 Å². The molecule has 9 heteroatoms. The quantitative estimate of drug-likeness (QED) is 0.583. The minimum absolute atomic E-state index is 0.133. The number of carbonyl (C=O) groups excluding carboxylic acids is 2. The molecule has 2 aromatic rings. The highest BCUT2D eigenvalue weighted by Crippen LogP contribution is 2.38. The number of hydrogen-bond acceptors (Lipinski definition) is 6. The number of amides is 2. The van der Waals surface area contributed by atoms with Gasteiger partial charge >= 0.3 is 0 Å². The van der Waals surface area contributed by atoms with Crippen molar-refractivity contribution in [2.24, 2.45) is 0 Å². The third kappa shape index (κ3) is 5.60. The first kappa shape index (κ1) is 23.6. The van der Waals surface area contributed by atoms with Crippen LogP contribution in [0.5, 0.6) is 17.2 Å². The molecule has 2 aromatic carbocycles. The molecule has 1 heterocycles. The van der Waals surface area contributed by atoms with Crippen LogP contribution >= 0.6 is 15.9 Å². The minimum Gasteiger partial charge on any atom is -0.493 e. The number of rotatable bonds is 7. The molecule has 1 aliphatic heterocycles. The lowest BCUT2D eigenvalue weighted by atomic mass is 10.1. The standard InChI is InChI=1S/C23H25BrN2O6/c1-29-19-13-15(14-20(30-2)21(19)31-3)12-18(23(28)26-8-10-32-11-9-26)25-22(27)16-4-6-17(24)7-5-16/h4-7,12-14H,8-11H2,1-3H3,(H,25,27)/b18-12-. The van der Waals surface area contributed by atoms with Crippen molar-refractivity contribution in [1.82, 2.24) is 10.2 Å². The van der Waals surface area contributed by atoms with Crippen molar-refractivity contribution < 1.29 is 28.5 Å². The molecule has 0 spiro atoms. The van der Waals surface area contributed by atoms with Crippen molar-refractivity contribution in [3.63, 3.8) is 0 Å². The summed E-state index contributed by atoms with van der Waals surface area (Å²) < 4.78 is 22.4. The zero-order valence-corrected chi connectivity index (χ0v) is 19.7. The van der Waals surface area contributed by atoms with Gasteiger partial charge in [0, 0.05) is 23.1 Å². The van der Waals surface area contributed by atoms with Crippen molar-refractivity contribution >= 4 is 33.8 Å². The number of methoxy groups -OCH3 is 3. The van der Waals surface area contributed by atoms with E-state index in [-0.39, 0.29) is 11.6 Å². The number of carbonyl (C=O) groups is 2. The van der Waals surface area contributed by atoms with Crippen molar-refractivity contribution in [2.75, 3.05) is 47.6 Å². The molecule has 0 bridgehead atoms. The fraction of sp³-hybridized carbons (Fsp3) is 0.304. The van der Waals surface area contributed by atoms with Gasteiger partial charge in [-0.15, -0.1) is 0 Å². The van der Waals surface area contributed by atoms with Gasteiger partial charge in [0.1, 0.15) is 5.70 Å². The summed E-state index contributed by atoms with van der Waals surface area (Å²) in [6, 6.07) is 10.3. The molecule has 1 aliphatic rings. The second-order valence-corrected chi connectivity index (χ2v) is 7.80. The Morgan fingerprint density at radius 2 is 1.59 bits per heavy atom. The molecular formula is C23H25BrN2O6. The highest BCUT2D eigenvalue weighted by Gasteiger charge is 2.23. The third-order valence-electron chi connectivity index (χ3n) is 4.88. The fourth-order valence-electron chi connectivity index (χ4n) is 3.24. The Bertz CT molecular complexity index is 975. The first-order valence-corrected chi connectivity index (χ1v) is 10.7. The molecule has 0 aromatic heterocycles. The normalized spacial score (nSPS) is 14.0. The summed E-state index contributed by atoms with van der Waals surface area (Å²) in [4.78, 5) is 27.8. The Balaban J connectivity index is 1.99. The maximum absolute atomic E-state index is 13.2. The molecule has 1 fully saturated rings. The molecule has 0 radical (unpaired) electrons. The van der Waals surface area contributed by atoms with Crippen molar-refractivity contribution in [2.45, 2.75) is 0 Å². The zero-order valence-electron chi connectivity index (χ0n) is 18.1. The highest BCUT2D eigenvalue weighted by molar-refractivity contribution is 9.10. The second kappa shape index (κ2) is 11.0. The van der Waals surface area contributed by atoms with Gasteiger partial charge in [-0.3, -0.25) is 9.59 Å². The number of morpholine rings is 1.